The van der Waals surface area contributed by atoms with E-state index in [1.165, 1.54) is 6.33 Å². The Labute approximate surface area is 148 Å². The van der Waals surface area contributed by atoms with E-state index in [1.807, 2.05) is 54.6 Å². The predicted molar refractivity (Wildman–Crippen MR) is 98.2 cm³/mol. The molecule has 0 spiro atoms. The SMILES string of the molecule is Clc1ccc(CNc2cc(Nc3ccccc3Br)ncn2)cc1. The van der Waals surface area contributed by atoms with Gasteiger partial charge in [-0.05, 0) is 45.8 Å². The lowest BCUT2D eigenvalue weighted by Crippen LogP contribution is -2.03. The number of halogens is 2. The standard InChI is InChI=1S/C17H14BrClN4/c18-14-3-1-2-4-15(14)23-17-9-16(21-11-22-17)20-10-12-5-7-13(19)8-6-12/h1-9,11H,10H2,(H2,20,21,22,23). The Balaban J connectivity index is 1.67. The molecule has 4 nitrogen and oxygen atoms in total. The minimum absolute atomic E-state index is 0.669. The van der Waals surface area contributed by atoms with Crippen molar-refractivity contribution in [1.29, 1.82) is 0 Å². The molecule has 0 aliphatic rings. The van der Waals surface area contributed by atoms with Crippen LogP contribution in [0.1, 0.15) is 5.56 Å². The number of para-hydroxylation sites is 1. The first-order valence-corrected chi connectivity index (χ1v) is 8.20. The fourth-order valence-electron chi connectivity index (χ4n) is 2.02. The van der Waals surface area contributed by atoms with Crippen LogP contribution in [0, 0.1) is 0 Å². The maximum absolute atomic E-state index is 5.89. The number of hydrogen-bond acceptors (Lipinski definition) is 4. The van der Waals surface area contributed by atoms with E-state index in [0.717, 1.165) is 32.4 Å². The Morgan fingerprint density at radius 1 is 0.957 bits per heavy atom. The fraction of sp³-hybridized carbons (Fsp3) is 0.0588. The van der Waals surface area contributed by atoms with E-state index in [1.54, 1.807) is 0 Å². The molecule has 2 N–H and O–H groups in total. The van der Waals surface area contributed by atoms with E-state index in [9.17, 15) is 0 Å². The Kier molecular flexibility index (Phi) is 5.10. The van der Waals surface area contributed by atoms with Crippen molar-refractivity contribution in [1.82, 2.24) is 9.97 Å². The second kappa shape index (κ2) is 7.44. The molecule has 0 bridgehead atoms. The number of rotatable bonds is 5. The van der Waals surface area contributed by atoms with Gasteiger partial charge in [-0.15, -0.1) is 0 Å². The molecule has 0 aliphatic heterocycles. The van der Waals surface area contributed by atoms with Crippen LogP contribution in [0.2, 0.25) is 5.02 Å². The minimum atomic E-state index is 0.669. The molecule has 0 amide bonds. The highest BCUT2D eigenvalue weighted by Gasteiger charge is 2.02. The van der Waals surface area contributed by atoms with Gasteiger partial charge in [-0.1, -0.05) is 35.9 Å². The molecule has 0 saturated heterocycles. The summed E-state index contributed by atoms with van der Waals surface area (Å²) in [6, 6.07) is 17.5. The monoisotopic (exact) mass is 388 g/mol. The molecule has 2 aromatic carbocycles. The average molecular weight is 390 g/mol. The summed E-state index contributed by atoms with van der Waals surface area (Å²) in [6.07, 6.45) is 1.53. The summed E-state index contributed by atoms with van der Waals surface area (Å²) in [5, 5.41) is 7.27. The summed E-state index contributed by atoms with van der Waals surface area (Å²) >= 11 is 9.39. The molecule has 0 fully saturated rings. The smallest absolute Gasteiger partial charge is 0.135 e. The molecule has 6 heteroatoms. The third-order valence-electron chi connectivity index (χ3n) is 3.19. The summed E-state index contributed by atoms with van der Waals surface area (Å²) in [5.74, 6) is 1.48. The van der Waals surface area contributed by atoms with Gasteiger partial charge in [-0.3, -0.25) is 0 Å². The molecule has 1 heterocycles. The molecular weight excluding hydrogens is 376 g/mol. The summed E-state index contributed by atoms with van der Waals surface area (Å²) in [7, 11) is 0. The normalized spacial score (nSPS) is 10.3. The van der Waals surface area contributed by atoms with E-state index in [-0.39, 0.29) is 0 Å². The molecule has 3 rings (SSSR count). The first kappa shape index (κ1) is 15.8. The fourth-order valence-corrected chi connectivity index (χ4v) is 2.53. The van der Waals surface area contributed by atoms with Crippen LogP contribution in [0.3, 0.4) is 0 Å². The van der Waals surface area contributed by atoms with E-state index in [0.29, 0.717) is 6.54 Å². The van der Waals surface area contributed by atoms with Gasteiger partial charge in [0, 0.05) is 22.1 Å². The van der Waals surface area contributed by atoms with Gasteiger partial charge in [0.25, 0.3) is 0 Å². The van der Waals surface area contributed by atoms with Crippen molar-refractivity contribution in [3.05, 3.63) is 76.0 Å². The van der Waals surface area contributed by atoms with Crippen LogP contribution >= 0.6 is 27.5 Å². The van der Waals surface area contributed by atoms with Crippen molar-refractivity contribution in [3.63, 3.8) is 0 Å². The molecule has 3 aromatic rings. The van der Waals surface area contributed by atoms with Crippen LogP contribution in [0.5, 0.6) is 0 Å². The van der Waals surface area contributed by atoms with Gasteiger partial charge in [0.1, 0.15) is 18.0 Å². The summed E-state index contributed by atoms with van der Waals surface area (Å²) < 4.78 is 0.981. The molecule has 116 valence electrons. The first-order chi connectivity index (χ1) is 11.2. The van der Waals surface area contributed by atoms with Crippen molar-refractivity contribution in [3.8, 4) is 0 Å². The number of aromatic nitrogens is 2. The zero-order valence-corrected chi connectivity index (χ0v) is 14.5. The Hall–Kier alpha value is -2.11. The lowest BCUT2D eigenvalue weighted by Gasteiger charge is -2.10. The van der Waals surface area contributed by atoms with Crippen molar-refractivity contribution in [2.24, 2.45) is 0 Å². The van der Waals surface area contributed by atoms with Gasteiger partial charge in [-0.25, -0.2) is 9.97 Å². The number of hydrogen-bond donors (Lipinski definition) is 2. The lowest BCUT2D eigenvalue weighted by atomic mass is 10.2. The van der Waals surface area contributed by atoms with Gasteiger partial charge in [0.15, 0.2) is 0 Å². The molecule has 0 aliphatic carbocycles. The Morgan fingerprint density at radius 2 is 1.70 bits per heavy atom. The third kappa shape index (κ3) is 4.43. The summed E-state index contributed by atoms with van der Waals surface area (Å²) in [4.78, 5) is 8.48. The quantitative estimate of drug-likeness (QED) is 0.626. The van der Waals surface area contributed by atoms with E-state index < -0.39 is 0 Å². The van der Waals surface area contributed by atoms with Crippen LogP contribution in [-0.2, 0) is 6.54 Å². The number of nitrogens with zero attached hydrogens (tertiary/aromatic N) is 2. The van der Waals surface area contributed by atoms with Crippen LogP contribution < -0.4 is 10.6 Å². The Morgan fingerprint density at radius 3 is 2.48 bits per heavy atom. The predicted octanol–water partition coefficient (Wildman–Crippen LogP) is 5.25. The van der Waals surface area contributed by atoms with Crippen LogP contribution in [0.15, 0.2) is 65.4 Å². The Bertz CT molecular complexity index is 793. The number of anilines is 3. The molecule has 0 atom stereocenters. The zero-order valence-electron chi connectivity index (χ0n) is 12.1. The van der Waals surface area contributed by atoms with Crippen molar-refractivity contribution in [2.75, 3.05) is 10.6 Å². The average Bonchev–Trinajstić information content (AvgIpc) is 2.57. The van der Waals surface area contributed by atoms with Crippen molar-refractivity contribution in [2.45, 2.75) is 6.54 Å². The molecule has 0 unspecified atom stereocenters. The number of nitrogens with one attached hydrogen (secondary N) is 2. The number of benzene rings is 2. The second-order valence-electron chi connectivity index (χ2n) is 4.87. The third-order valence-corrected chi connectivity index (χ3v) is 4.13. The molecule has 23 heavy (non-hydrogen) atoms. The topological polar surface area (TPSA) is 49.8 Å². The van der Waals surface area contributed by atoms with E-state index in [2.05, 4.69) is 36.5 Å². The van der Waals surface area contributed by atoms with Crippen LogP contribution in [0.25, 0.3) is 0 Å². The second-order valence-corrected chi connectivity index (χ2v) is 6.16. The van der Waals surface area contributed by atoms with Gasteiger partial charge in [-0.2, -0.15) is 0 Å². The highest BCUT2D eigenvalue weighted by Crippen LogP contribution is 2.25. The minimum Gasteiger partial charge on any atom is -0.366 e. The molecule has 0 saturated carbocycles. The molecule has 1 aromatic heterocycles. The summed E-state index contributed by atoms with van der Waals surface area (Å²) in [6.45, 7) is 0.669. The highest BCUT2D eigenvalue weighted by atomic mass is 79.9. The maximum Gasteiger partial charge on any atom is 0.135 e. The first-order valence-electron chi connectivity index (χ1n) is 7.02. The largest absolute Gasteiger partial charge is 0.366 e. The van der Waals surface area contributed by atoms with E-state index >= 15 is 0 Å². The van der Waals surface area contributed by atoms with Gasteiger partial charge >= 0.3 is 0 Å². The summed E-state index contributed by atoms with van der Waals surface area (Å²) in [5.41, 5.74) is 2.09. The van der Waals surface area contributed by atoms with Gasteiger partial charge < -0.3 is 10.6 Å². The highest BCUT2D eigenvalue weighted by molar-refractivity contribution is 9.10. The van der Waals surface area contributed by atoms with Crippen LogP contribution in [-0.4, -0.2) is 9.97 Å². The van der Waals surface area contributed by atoms with E-state index in [4.69, 9.17) is 11.6 Å². The zero-order chi connectivity index (χ0) is 16.1. The van der Waals surface area contributed by atoms with Crippen molar-refractivity contribution >= 4 is 44.9 Å². The van der Waals surface area contributed by atoms with Crippen LogP contribution in [0.4, 0.5) is 17.3 Å². The maximum atomic E-state index is 5.89. The van der Waals surface area contributed by atoms with Gasteiger partial charge in [0.05, 0.1) is 5.69 Å². The molecular formula is C17H14BrClN4. The lowest BCUT2D eigenvalue weighted by molar-refractivity contribution is 1.08. The molecule has 0 radical (unpaired) electrons. The van der Waals surface area contributed by atoms with Gasteiger partial charge in [0.2, 0.25) is 0 Å². The van der Waals surface area contributed by atoms with Crippen molar-refractivity contribution < 1.29 is 0 Å².